The second kappa shape index (κ2) is 13.6. The number of nitrogens with one attached hydrogen (secondary N) is 2. The summed E-state index contributed by atoms with van der Waals surface area (Å²) >= 11 is 0. The number of nitrogens with zero attached hydrogens (tertiary/aromatic N) is 2. The van der Waals surface area contributed by atoms with Crippen molar-refractivity contribution in [1.82, 2.24) is 20.6 Å². The Bertz CT molecular complexity index is 1250. The minimum atomic E-state index is -5.53. The van der Waals surface area contributed by atoms with Crippen LogP contribution >= 0.6 is 0 Å². The predicted octanol–water partition coefficient (Wildman–Crippen LogP) is 4.23. The van der Waals surface area contributed by atoms with Crippen molar-refractivity contribution in [2.24, 2.45) is 0 Å². The molecule has 0 saturated heterocycles. The first kappa shape index (κ1) is 32.9. The Balaban J connectivity index is 1.77. The van der Waals surface area contributed by atoms with Crippen molar-refractivity contribution in [3.63, 3.8) is 0 Å². The number of rotatable bonds is 8. The van der Waals surface area contributed by atoms with Crippen LogP contribution in [0, 0.1) is 6.92 Å². The summed E-state index contributed by atoms with van der Waals surface area (Å²) < 4.78 is 78.2. The van der Waals surface area contributed by atoms with E-state index < -0.39 is 53.8 Å². The van der Waals surface area contributed by atoms with E-state index in [1.54, 1.807) is 0 Å². The first-order chi connectivity index (χ1) is 19.5. The Morgan fingerprint density at radius 2 is 1.62 bits per heavy atom. The van der Waals surface area contributed by atoms with Gasteiger partial charge >= 0.3 is 18.3 Å². The van der Waals surface area contributed by atoms with Gasteiger partial charge in [-0.25, -0.2) is 4.79 Å². The van der Waals surface area contributed by atoms with Crippen LogP contribution in [0.25, 0.3) is 0 Å². The average molecular weight is 603 g/mol. The van der Waals surface area contributed by atoms with Gasteiger partial charge in [-0.05, 0) is 64.0 Å². The van der Waals surface area contributed by atoms with E-state index in [0.717, 1.165) is 23.3 Å². The Morgan fingerprint density at radius 1 is 0.952 bits per heavy atom. The summed E-state index contributed by atoms with van der Waals surface area (Å²) in [6, 6.07) is 10.1. The van der Waals surface area contributed by atoms with E-state index in [4.69, 9.17) is 0 Å². The molecular formula is C28H32F6N4O4. The van der Waals surface area contributed by atoms with Crippen molar-refractivity contribution in [2.45, 2.75) is 63.2 Å². The monoisotopic (exact) mass is 602 g/mol. The van der Waals surface area contributed by atoms with E-state index in [1.807, 2.05) is 50.2 Å². The van der Waals surface area contributed by atoms with Gasteiger partial charge in [0.05, 0.1) is 5.56 Å². The Kier molecular flexibility index (Phi) is 10.6. The molecule has 3 unspecified atom stereocenters. The maximum Gasteiger partial charge on any atom is 0.493 e. The van der Waals surface area contributed by atoms with E-state index in [9.17, 15) is 40.7 Å². The maximum absolute atomic E-state index is 13.1. The van der Waals surface area contributed by atoms with Crippen molar-refractivity contribution in [1.29, 1.82) is 0 Å². The molecule has 0 aromatic heterocycles. The molecule has 0 spiro atoms. The molecule has 1 aliphatic carbocycles. The van der Waals surface area contributed by atoms with Crippen LogP contribution < -0.4 is 10.6 Å². The predicted molar refractivity (Wildman–Crippen MR) is 140 cm³/mol. The van der Waals surface area contributed by atoms with E-state index in [1.165, 1.54) is 0 Å². The number of alkyl halides is 6. The fourth-order valence-corrected chi connectivity index (χ4v) is 4.62. The molecule has 1 aliphatic rings. The molecule has 2 amide bonds. The normalized spacial score (nSPS) is 19.3. The molecule has 0 heterocycles. The molecule has 2 aromatic carbocycles. The number of halogens is 6. The SMILES string of the molecule is Cc1ccc(CNC2CC(N(C)C)CCC2NC(=O)CN(OC(=O)C(F)(F)F)C(=O)c2cccc(C(F)(F)F)c2)cc1. The van der Waals surface area contributed by atoms with Crippen molar-refractivity contribution in [3.8, 4) is 0 Å². The minimum absolute atomic E-state index is 0.180. The topological polar surface area (TPSA) is 91.0 Å². The highest BCUT2D eigenvalue weighted by Gasteiger charge is 2.44. The maximum atomic E-state index is 13.1. The standard InChI is InChI=1S/C28H32F6N4O4/c1-17-7-9-18(10-8-17)15-35-23-14-21(37(2)3)11-12-22(23)36-24(39)16-38(42-26(41)28(32,33)34)25(40)19-5-4-6-20(13-19)27(29,30)31/h4-10,13,21-23,35H,11-12,14-16H2,1-3H3,(H,36,39). The number of carbonyl (C=O) groups is 3. The lowest BCUT2D eigenvalue weighted by Gasteiger charge is -2.40. The quantitative estimate of drug-likeness (QED) is 0.347. The van der Waals surface area contributed by atoms with Crippen LogP contribution in [-0.4, -0.2) is 72.7 Å². The second-order valence-electron chi connectivity index (χ2n) is 10.4. The van der Waals surface area contributed by atoms with Gasteiger partial charge in [0.2, 0.25) is 5.91 Å². The van der Waals surface area contributed by atoms with E-state index in [2.05, 4.69) is 15.5 Å². The van der Waals surface area contributed by atoms with Gasteiger partial charge < -0.3 is 20.4 Å². The highest BCUT2D eigenvalue weighted by Crippen LogP contribution is 2.30. The third-order valence-corrected chi connectivity index (χ3v) is 6.96. The summed E-state index contributed by atoms with van der Waals surface area (Å²) in [6.45, 7) is 1.26. The Morgan fingerprint density at radius 3 is 2.21 bits per heavy atom. The molecule has 230 valence electrons. The lowest BCUT2D eigenvalue weighted by Crippen LogP contribution is -2.57. The number of hydroxylamine groups is 2. The third-order valence-electron chi connectivity index (χ3n) is 6.96. The van der Waals surface area contributed by atoms with Crippen molar-refractivity contribution >= 4 is 17.8 Å². The number of hydrogen-bond donors (Lipinski definition) is 2. The molecule has 14 heteroatoms. The highest BCUT2D eigenvalue weighted by molar-refractivity contribution is 5.97. The van der Waals surface area contributed by atoms with Crippen LogP contribution in [-0.2, 0) is 27.1 Å². The summed E-state index contributed by atoms with van der Waals surface area (Å²) in [5.41, 5.74) is 0.107. The molecule has 0 aliphatic heterocycles. The van der Waals surface area contributed by atoms with Crippen LogP contribution in [0.3, 0.4) is 0 Å². The number of aryl methyl sites for hydroxylation is 1. The number of benzene rings is 2. The zero-order valence-electron chi connectivity index (χ0n) is 23.2. The fraction of sp³-hybridized carbons (Fsp3) is 0.464. The lowest BCUT2D eigenvalue weighted by molar-refractivity contribution is -0.228. The molecule has 3 atom stereocenters. The first-order valence-corrected chi connectivity index (χ1v) is 13.1. The van der Waals surface area contributed by atoms with Gasteiger partial charge in [-0.2, -0.15) is 31.4 Å². The van der Waals surface area contributed by atoms with Gasteiger partial charge in [0.1, 0.15) is 6.54 Å². The molecule has 0 bridgehead atoms. The molecule has 1 fully saturated rings. The summed E-state index contributed by atoms with van der Waals surface area (Å²) in [6.07, 6.45) is -8.58. The summed E-state index contributed by atoms with van der Waals surface area (Å²) in [5, 5.41) is 5.92. The molecule has 3 rings (SSSR count). The molecule has 8 nitrogen and oxygen atoms in total. The van der Waals surface area contributed by atoms with Gasteiger partial charge in [-0.3, -0.25) is 9.59 Å². The summed E-state index contributed by atoms with van der Waals surface area (Å²) in [7, 11) is 3.85. The lowest BCUT2D eigenvalue weighted by atomic mass is 9.85. The number of amides is 2. The molecule has 0 radical (unpaired) electrons. The van der Waals surface area contributed by atoms with Crippen LogP contribution in [0.1, 0.15) is 46.3 Å². The van der Waals surface area contributed by atoms with E-state index in [-0.39, 0.29) is 17.1 Å². The van der Waals surface area contributed by atoms with Crippen molar-refractivity contribution in [2.75, 3.05) is 20.6 Å². The fourth-order valence-electron chi connectivity index (χ4n) is 4.62. The van der Waals surface area contributed by atoms with E-state index in [0.29, 0.717) is 37.9 Å². The zero-order chi connectivity index (χ0) is 31.2. The van der Waals surface area contributed by atoms with Crippen LogP contribution in [0.2, 0.25) is 0 Å². The highest BCUT2D eigenvalue weighted by atomic mass is 19.4. The van der Waals surface area contributed by atoms with Crippen molar-refractivity contribution < 1.29 is 45.6 Å². The largest absolute Gasteiger partial charge is 0.493 e. The smallest absolute Gasteiger partial charge is 0.350 e. The van der Waals surface area contributed by atoms with E-state index >= 15 is 0 Å². The van der Waals surface area contributed by atoms with Crippen molar-refractivity contribution in [3.05, 3.63) is 70.8 Å². The second-order valence-corrected chi connectivity index (χ2v) is 10.4. The number of hydrogen-bond acceptors (Lipinski definition) is 6. The van der Waals surface area contributed by atoms with Crippen LogP contribution in [0.5, 0.6) is 0 Å². The van der Waals surface area contributed by atoms with Gasteiger partial charge in [0.15, 0.2) is 0 Å². The Labute approximate surface area is 238 Å². The van der Waals surface area contributed by atoms with Gasteiger partial charge in [0, 0.05) is 30.2 Å². The molecule has 1 saturated carbocycles. The number of carbonyl (C=O) groups excluding carboxylic acids is 3. The van der Waals surface area contributed by atoms with Crippen LogP contribution in [0.15, 0.2) is 48.5 Å². The molecule has 2 N–H and O–H groups in total. The molecular weight excluding hydrogens is 570 g/mol. The Hall–Kier alpha value is -3.65. The summed E-state index contributed by atoms with van der Waals surface area (Å²) in [4.78, 5) is 43.6. The van der Waals surface area contributed by atoms with Gasteiger partial charge in [0.25, 0.3) is 5.91 Å². The molecule has 2 aromatic rings. The minimum Gasteiger partial charge on any atom is -0.350 e. The first-order valence-electron chi connectivity index (χ1n) is 13.1. The van der Waals surface area contributed by atoms with Gasteiger partial charge in [-0.15, -0.1) is 0 Å². The molecule has 42 heavy (non-hydrogen) atoms. The average Bonchev–Trinajstić information content (AvgIpc) is 2.91. The third kappa shape index (κ3) is 9.18. The van der Waals surface area contributed by atoms with Gasteiger partial charge in [-0.1, -0.05) is 35.9 Å². The summed E-state index contributed by atoms with van der Waals surface area (Å²) in [5.74, 6) is -5.29. The van der Waals surface area contributed by atoms with Crippen LogP contribution in [0.4, 0.5) is 26.3 Å². The zero-order valence-corrected chi connectivity index (χ0v) is 23.2.